The zero-order valence-corrected chi connectivity index (χ0v) is 13.6. The number of nitrogens with zero attached hydrogens (tertiary/aromatic N) is 4. The molecule has 0 bridgehead atoms. The third-order valence-corrected chi connectivity index (χ3v) is 4.16. The van der Waals surface area contributed by atoms with Crippen LogP contribution in [0.15, 0.2) is 23.1 Å². The van der Waals surface area contributed by atoms with Gasteiger partial charge in [0.2, 0.25) is 10.0 Å². The smallest absolute Gasteiger partial charge is 0.338 e. The number of aromatic nitrogens is 4. The number of tetrazole rings is 1. The van der Waals surface area contributed by atoms with Gasteiger partial charge in [0.05, 0.1) is 10.5 Å². The molecular formula is C13H17N5O4S. The van der Waals surface area contributed by atoms with Crippen molar-refractivity contribution in [3.8, 4) is 0 Å². The molecule has 1 aromatic carbocycles. The Bertz CT molecular complexity index is 816. The van der Waals surface area contributed by atoms with Crippen molar-refractivity contribution >= 4 is 16.0 Å². The average molecular weight is 339 g/mol. The van der Waals surface area contributed by atoms with Gasteiger partial charge < -0.3 is 4.74 Å². The van der Waals surface area contributed by atoms with E-state index < -0.39 is 16.0 Å². The monoisotopic (exact) mass is 339 g/mol. The van der Waals surface area contributed by atoms with Crippen molar-refractivity contribution in [1.82, 2.24) is 20.2 Å². The number of primary sulfonamides is 1. The van der Waals surface area contributed by atoms with Crippen LogP contribution < -0.4 is 5.14 Å². The van der Waals surface area contributed by atoms with Crippen LogP contribution in [0.4, 0.5) is 0 Å². The summed E-state index contributed by atoms with van der Waals surface area (Å²) in [5.41, 5.74) is 0.546. The summed E-state index contributed by atoms with van der Waals surface area (Å²) < 4.78 is 29.6. The molecule has 0 saturated carbocycles. The second kappa shape index (κ2) is 6.84. The molecule has 2 rings (SSSR count). The van der Waals surface area contributed by atoms with Crippen LogP contribution in [0.2, 0.25) is 0 Å². The van der Waals surface area contributed by atoms with Gasteiger partial charge in [0.15, 0.2) is 12.4 Å². The highest BCUT2D eigenvalue weighted by atomic mass is 32.2. The van der Waals surface area contributed by atoms with E-state index in [9.17, 15) is 13.2 Å². The number of hydrogen-bond acceptors (Lipinski definition) is 7. The second-order valence-corrected chi connectivity index (χ2v) is 6.45. The maximum Gasteiger partial charge on any atom is 0.338 e. The standard InChI is InChI=1S/C13H17N5O4S/c1-3-6-18-12(15-16-17-18)8-22-13(19)10-5-4-9(2)11(7-10)23(14,20)21/h4-5,7H,3,6,8H2,1-2H3,(H2,14,20,21). The Labute approximate surface area is 133 Å². The maximum absolute atomic E-state index is 12.1. The van der Waals surface area contributed by atoms with Gasteiger partial charge in [-0.1, -0.05) is 13.0 Å². The van der Waals surface area contributed by atoms with E-state index in [1.54, 1.807) is 6.92 Å². The zero-order valence-electron chi connectivity index (χ0n) is 12.8. The zero-order chi connectivity index (χ0) is 17.0. The summed E-state index contributed by atoms with van der Waals surface area (Å²) in [7, 11) is -3.91. The minimum atomic E-state index is -3.91. The Morgan fingerprint density at radius 3 is 2.78 bits per heavy atom. The van der Waals surface area contributed by atoms with E-state index in [0.29, 0.717) is 17.9 Å². The summed E-state index contributed by atoms with van der Waals surface area (Å²) in [6.07, 6.45) is 0.835. The lowest BCUT2D eigenvalue weighted by Gasteiger charge is -2.08. The molecule has 1 aromatic heterocycles. The van der Waals surface area contributed by atoms with E-state index in [-0.39, 0.29) is 17.1 Å². The number of esters is 1. The van der Waals surface area contributed by atoms with Crippen LogP contribution in [0.1, 0.15) is 35.1 Å². The SMILES string of the molecule is CCCn1nnnc1COC(=O)c1ccc(C)c(S(N)(=O)=O)c1. The molecule has 0 fully saturated rings. The lowest BCUT2D eigenvalue weighted by atomic mass is 10.1. The number of sulfonamides is 1. The summed E-state index contributed by atoms with van der Waals surface area (Å²) >= 11 is 0. The number of nitrogens with two attached hydrogens (primary N) is 1. The Morgan fingerprint density at radius 2 is 2.13 bits per heavy atom. The van der Waals surface area contributed by atoms with Gasteiger partial charge in [0.1, 0.15) is 0 Å². The Morgan fingerprint density at radius 1 is 1.39 bits per heavy atom. The highest BCUT2D eigenvalue weighted by molar-refractivity contribution is 7.89. The number of carbonyl (C=O) groups excluding carboxylic acids is 1. The molecule has 9 nitrogen and oxygen atoms in total. The van der Waals surface area contributed by atoms with Crippen molar-refractivity contribution in [3.05, 3.63) is 35.2 Å². The molecule has 0 aliphatic rings. The van der Waals surface area contributed by atoms with Gasteiger partial charge in [-0.25, -0.2) is 23.0 Å². The van der Waals surface area contributed by atoms with Gasteiger partial charge >= 0.3 is 5.97 Å². The van der Waals surface area contributed by atoms with Crippen molar-refractivity contribution in [2.24, 2.45) is 5.14 Å². The van der Waals surface area contributed by atoms with Crippen LogP contribution in [0.5, 0.6) is 0 Å². The first-order valence-electron chi connectivity index (χ1n) is 6.88. The number of rotatable bonds is 6. The first-order chi connectivity index (χ1) is 10.8. The van der Waals surface area contributed by atoms with Gasteiger partial charge in [-0.3, -0.25) is 0 Å². The van der Waals surface area contributed by atoms with Gasteiger partial charge in [0, 0.05) is 6.54 Å². The van der Waals surface area contributed by atoms with E-state index in [4.69, 9.17) is 9.88 Å². The molecule has 23 heavy (non-hydrogen) atoms. The van der Waals surface area contributed by atoms with Crippen molar-refractivity contribution in [1.29, 1.82) is 0 Å². The fourth-order valence-electron chi connectivity index (χ4n) is 1.96. The van der Waals surface area contributed by atoms with Gasteiger partial charge in [-0.15, -0.1) is 5.10 Å². The molecule has 0 saturated heterocycles. The Balaban J connectivity index is 2.14. The van der Waals surface area contributed by atoms with Gasteiger partial charge in [0.25, 0.3) is 0 Å². The van der Waals surface area contributed by atoms with Crippen LogP contribution in [-0.4, -0.2) is 34.6 Å². The number of benzene rings is 1. The largest absolute Gasteiger partial charge is 0.454 e. The quantitative estimate of drug-likeness (QED) is 0.753. The summed E-state index contributed by atoms with van der Waals surface area (Å²) in [6, 6.07) is 4.17. The average Bonchev–Trinajstić information content (AvgIpc) is 2.92. The summed E-state index contributed by atoms with van der Waals surface area (Å²) in [4.78, 5) is 12.0. The van der Waals surface area contributed by atoms with E-state index in [1.165, 1.54) is 22.9 Å². The lowest BCUT2D eigenvalue weighted by Crippen LogP contribution is -2.15. The molecule has 0 amide bonds. The minimum absolute atomic E-state index is 0.0918. The molecule has 0 radical (unpaired) electrons. The molecule has 2 aromatic rings. The summed E-state index contributed by atoms with van der Waals surface area (Å²) in [6.45, 7) is 4.07. The third kappa shape index (κ3) is 4.11. The van der Waals surface area contributed by atoms with Gasteiger partial charge in [-0.05, 0) is 41.5 Å². The van der Waals surface area contributed by atoms with Crippen molar-refractivity contribution in [2.45, 2.75) is 38.3 Å². The minimum Gasteiger partial charge on any atom is -0.454 e. The van der Waals surface area contributed by atoms with Gasteiger partial charge in [-0.2, -0.15) is 0 Å². The second-order valence-electron chi connectivity index (χ2n) is 4.92. The first kappa shape index (κ1) is 17.0. The molecular weight excluding hydrogens is 322 g/mol. The lowest BCUT2D eigenvalue weighted by molar-refractivity contribution is 0.0456. The number of carbonyl (C=O) groups is 1. The van der Waals surface area contributed by atoms with Crippen molar-refractivity contribution < 1.29 is 17.9 Å². The van der Waals surface area contributed by atoms with E-state index in [0.717, 1.165) is 6.42 Å². The van der Waals surface area contributed by atoms with E-state index in [1.807, 2.05) is 6.92 Å². The van der Waals surface area contributed by atoms with E-state index in [2.05, 4.69) is 15.5 Å². The van der Waals surface area contributed by atoms with Crippen molar-refractivity contribution in [3.63, 3.8) is 0 Å². The van der Waals surface area contributed by atoms with Crippen molar-refractivity contribution in [2.75, 3.05) is 0 Å². The summed E-state index contributed by atoms with van der Waals surface area (Å²) in [5, 5.41) is 16.2. The van der Waals surface area contributed by atoms with Crippen LogP contribution >= 0.6 is 0 Å². The summed E-state index contributed by atoms with van der Waals surface area (Å²) in [5.74, 6) is -0.264. The molecule has 0 aliphatic carbocycles. The molecule has 10 heteroatoms. The molecule has 124 valence electrons. The highest BCUT2D eigenvalue weighted by Gasteiger charge is 2.17. The number of aryl methyl sites for hydroxylation is 2. The van der Waals surface area contributed by atoms with Crippen LogP contribution in [-0.2, 0) is 27.9 Å². The molecule has 0 unspecified atom stereocenters. The fourth-order valence-corrected chi connectivity index (χ4v) is 2.77. The Hall–Kier alpha value is -2.33. The molecule has 0 atom stereocenters. The van der Waals surface area contributed by atoms with E-state index >= 15 is 0 Å². The Kier molecular flexibility index (Phi) is 5.06. The molecule has 0 aliphatic heterocycles. The topological polar surface area (TPSA) is 130 Å². The maximum atomic E-state index is 12.1. The number of ether oxygens (including phenoxy) is 1. The van der Waals surface area contributed by atoms with Crippen LogP contribution in [0, 0.1) is 6.92 Å². The first-order valence-corrected chi connectivity index (χ1v) is 8.43. The third-order valence-electron chi connectivity index (χ3n) is 3.10. The molecule has 1 heterocycles. The predicted octanol–water partition coefficient (Wildman–Crippen LogP) is 0.396. The van der Waals surface area contributed by atoms with Crippen LogP contribution in [0.3, 0.4) is 0 Å². The normalized spacial score (nSPS) is 11.4. The highest BCUT2D eigenvalue weighted by Crippen LogP contribution is 2.16. The molecule has 2 N–H and O–H groups in total. The fraction of sp³-hybridized carbons (Fsp3) is 0.385. The van der Waals surface area contributed by atoms with Crippen LogP contribution in [0.25, 0.3) is 0 Å². The molecule has 0 spiro atoms. The predicted molar refractivity (Wildman–Crippen MR) is 79.8 cm³/mol. The number of hydrogen-bond donors (Lipinski definition) is 1.